The first-order valence-electron chi connectivity index (χ1n) is 9.96. The van der Waals surface area contributed by atoms with Gasteiger partial charge in [0, 0.05) is 25.4 Å². The number of aromatic nitrogens is 2. The highest BCUT2D eigenvalue weighted by Gasteiger charge is 2.24. The van der Waals surface area contributed by atoms with Crippen LogP contribution in [-0.4, -0.2) is 52.4 Å². The molecule has 1 aromatic rings. The van der Waals surface area contributed by atoms with E-state index in [0.717, 1.165) is 51.4 Å². The van der Waals surface area contributed by atoms with E-state index in [1.807, 2.05) is 0 Å². The lowest BCUT2D eigenvalue weighted by Crippen LogP contribution is -2.30. The summed E-state index contributed by atoms with van der Waals surface area (Å²) < 4.78 is 5.41. The van der Waals surface area contributed by atoms with Crippen molar-refractivity contribution < 1.29 is 14.6 Å². The van der Waals surface area contributed by atoms with E-state index in [1.165, 1.54) is 6.20 Å². The number of carbonyl (C=O) groups is 1. The number of rotatable bonds is 6. The molecule has 0 aliphatic heterocycles. The van der Waals surface area contributed by atoms with E-state index in [-0.39, 0.29) is 17.7 Å². The van der Waals surface area contributed by atoms with Crippen LogP contribution in [0.5, 0.6) is 0 Å². The van der Waals surface area contributed by atoms with Gasteiger partial charge in [-0.05, 0) is 44.9 Å². The Labute approximate surface area is 160 Å². The van der Waals surface area contributed by atoms with E-state index < -0.39 is 5.91 Å². The number of hydrogen-bond donors (Lipinski definition) is 4. The molecule has 2 aliphatic rings. The normalized spacial score (nSPS) is 29.0. The maximum absolute atomic E-state index is 11.8. The molecular formula is C19H31N5O3. The monoisotopic (exact) mass is 377 g/mol. The van der Waals surface area contributed by atoms with Crippen LogP contribution in [0.4, 0.5) is 11.8 Å². The average Bonchev–Trinajstić information content (AvgIpc) is 2.86. The molecule has 27 heavy (non-hydrogen) atoms. The topological polar surface area (TPSA) is 122 Å². The van der Waals surface area contributed by atoms with E-state index >= 15 is 0 Å². The Morgan fingerprint density at radius 3 is 2.59 bits per heavy atom. The van der Waals surface area contributed by atoms with Crippen molar-refractivity contribution in [2.24, 2.45) is 5.73 Å². The highest BCUT2D eigenvalue weighted by atomic mass is 16.5. The van der Waals surface area contributed by atoms with E-state index in [0.29, 0.717) is 30.3 Å². The van der Waals surface area contributed by atoms with Gasteiger partial charge in [0.2, 0.25) is 5.95 Å². The maximum Gasteiger partial charge on any atom is 0.254 e. The van der Waals surface area contributed by atoms with Crippen LogP contribution in [0.3, 0.4) is 0 Å². The third-order valence-corrected chi connectivity index (χ3v) is 5.63. The Morgan fingerprint density at radius 2 is 1.89 bits per heavy atom. The van der Waals surface area contributed by atoms with Crippen molar-refractivity contribution in [3.05, 3.63) is 11.8 Å². The molecule has 0 aromatic carbocycles. The number of ether oxygens (including phenoxy) is 1. The van der Waals surface area contributed by atoms with Crippen LogP contribution in [0.25, 0.3) is 0 Å². The van der Waals surface area contributed by atoms with Crippen LogP contribution in [-0.2, 0) is 4.74 Å². The van der Waals surface area contributed by atoms with Gasteiger partial charge in [0.1, 0.15) is 5.82 Å². The largest absolute Gasteiger partial charge is 0.393 e. The summed E-state index contributed by atoms with van der Waals surface area (Å²) in [7, 11) is 1.76. The number of aliphatic hydroxyl groups excluding tert-OH is 1. The summed E-state index contributed by atoms with van der Waals surface area (Å²) in [5.74, 6) is 0.390. The summed E-state index contributed by atoms with van der Waals surface area (Å²) in [6.07, 6.45) is 9.97. The average molecular weight is 377 g/mol. The first-order chi connectivity index (χ1) is 13.0. The highest BCUT2D eigenvalue weighted by molar-refractivity contribution is 5.97. The number of nitrogens with zero attached hydrogens (tertiary/aromatic N) is 2. The minimum atomic E-state index is -0.557. The molecule has 150 valence electrons. The van der Waals surface area contributed by atoms with Crippen LogP contribution in [0.1, 0.15) is 68.1 Å². The Morgan fingerprint density at radius 1 is 1.15 bits per heavy atom. The van der Waals surface area contributed by atoms with Gasteiger partial charge in [-0.25, -0.2) is 4.98 Å². The minimum Gasteiger partial charge on any atom is -0.393 e. The third-order valence-electron chi connectivity index (χ3n) is 5.63. The standard InChI is InChI=1S/C19H31N5O3/c1-27-15-8-6-12(7-9-15)23-19-21-11-16(17(20)26)18(24-19)22-13-4-2-3-5-14(25)10-13/h11-15,25H,2-10H2,1H3,(H2,20,26)(H2,21,22,23,24)/t12?,13-,14+,15?/m1/s1. The van der Waals surface area contributed by atoms with Crippen molar-refractivity contribution in [1.82, 2.24) is 9.97 Å². The number of primary amides is 1. The van der Waals surface area contributed by atoms with Gasteiger partial charge in [0.05, 0.1) is 17.8 Å². The lowest BCUT2D eigenvalue weighted by molar-refractivity contribution is 0.0681. The lowest BCUT2D eigenvalue weighted by atomic mass is 9.93. The predicted molar refractivity (Wildman–Crippen MR) is 104 cm³/mol. The van der Waals surface area contributed by atoms with Crippen molar-refractivity contribution in [1.29, 1.82) is 0 Å². The zero-order valence-electron chi connectivity index (χ0n) is 16.0. The smallest absolute Gasteiger partial charge is 0.254 e. The van der Waals surface area contributed by atoms with Crippen LogP contribution in [0, 0.1) is 0 Å². The van der Waals surface area contributed by atoms with Crippen molar-refractivity contribution in [3.8, 4) is 0 Å². The Balaban J connectivity index is 1.69. The molecule has 0 saturated heterocycles. The highest BCUT2D eigenvalue weighted by Crippen LogP contribution is 2.25. The second-order valence-electron chi connectivity index (χ2n) is 7.69. The van der Waals surface area contributed by atoms with Crippen LogP contribution in [0.15, 0.2) is 6.20 Å². The molecule has 0 bridgehead atoms. The van der Waals surface area contributed by atoms with Gasteiger partial charge in [-0.3, -0.25) is 4.79 Å². The van der Waals surface area contributed by atoms with Gasteiger partial charge in [0.15, 0.2) is 0 Å². The van der Waals surface area contributed by atoms with Crippen molar-refractivity contribution >= 4 is 17.7 Å². The first-order valence-corrected chi connectivity index (χ1v) is 9.96. The molecule has 2 aliphatic carbocycles. The molecule has 0 radical (unpaired) electrons. The van der Waals surface area contributed by atoms with E-state index in [2.05, 4.69) is 20.6 Å². The maximum atomic E-state index is 11.8. The zero-order valence-corrected chi connectivity index (χ0v) is 16.0. The number of nitrogens with one attached hydrogen (secondary N) is 2. The van der Waals surface area contributed by atoms with Gasteiger partial charge in [-0.2, -0.15) is 4.98 Å². The van der Waals surface area contributed by atoms with E-state index in [9.17, 15) is 9.90 Å². The second kappa shape index (κ2) is 9.32. The SMILES string of the molecule is COC1CCC(Nc2ncc(C(N)=O)c(N[C@@H]3CCCC[C@H](O)C3)n2)CC1. The molecule has 2 saturated carbocycles. The molecular weight excluding hydrogens is 346 g/mol. The Bertz CT molecular complexity index is 634. The van der Waals surface area contributed by atoms with Gasteiger partial charge in [-0.15, -0.1) is 0 Å². The quantitative estimate of drug-likeness (QED) is 0.560. The van der Waals surface area contributed by atoms with Gasteiger partial charge >= 0.3 is 0 Å². The summed E-state index contributed by atoms with van der Waals surface area (Å²) in [6.45, 7) is 0. The Kier molecular flexibility index (Phi) is 6.84. The molecule has 5 N–H and O–H groups in total. The number of hydrogen-bond acceptors (Lipinski definition) is 7. The molecule has 3 rings (SSSR count). The minimum absolute atomic E-state index is 0.0699. The van der Waals surface area contributed by atoms with Gasteiger partial charge in [0.25, 0.3) is 5.91 Å². The van der Waals surface area contributed by atoms with Gasteiger partial charge < -0.3 is 26.2 Å². The fourth-order valence-electron chi connectivity index (χ4n) is 4.03. The molecule has 2 fully saturated rings. The molecule has 2 atom stereocenters. The summed E-state index contributed by atoms with van der Waals surface area (Å²) in [5, 5.41) is 16.7. The van der Waals surface area contributed by atoms with Gasteiger partial charge in [-0.1, -0.05) is 12.8 Å². The summed E-state index contributed by atoms with van der Waals surface area (Å²) in [6, 6.07) is 0.365. The van der Waals surface area contributed by atoms with Crippen molar-refractivity contribution in [2.75, 3.05) is 17.7 Å². The van der Waals surface area contributed by atoms with Crippen LogP contribution < -0.4 is 16.4 Å². The molecule has 1 amide bonds. The number of aliphatic hydroxyl groups is 1. The molecule has 0 unspecified atom stereocenters. The molecule has 1 aromatic heterocycles. The van der Waals surface area contributed by atoms with Crippen molar-refractivity contribution in [2.45, 2.75) is 82.1 Å². The number of carbonyl (C=O) groups excluding carboxylic acids is 1. The fraction of sp³-hybridized carbons (Fsp3) is 0.737. The van der Waals surface area contributed by atoms with E-state index in [1.54, 1.807) is 7.11 Å². The molecule has 8 heteroatoms. The molecule has 1 heterocycles. The Hall–Kier alpha value is -1.93. The summed E-state index contributed by atoms with van der Waals surface area (Å²) in [4.78, 5) is 20.6. The van der Waals surface area contributed by atoms with Crippen LogP contribution >= 0.6 is 0 Å². The number of anilines is 2. The number of amides is 1. The summed E-state index contributed by atoms with van der Waals surface area (Å²) >= 11 is 0. The number of methoxy groups -OCH3 is 1. The summed E-state index contributed by atoms with van der Waals surface area (Å²) in [5.41, 5.74) is 5.78. The van der Waals surface area contributed by atoms with Crippen molar-refractivity contribution in [3.63, 3.8) is 0 Å². The van der Waals surface area contributed by atoms with Crippen LogP contribution in [0.2, 0.25) is 0 Å². The number of nitrogens with two attached hydrogens (primary N) is 1. The lowest BCUT2D eigenvalue weighted by Gasteiger charge is -2.28. The molecule has 8 nitrogen and oxygen atoms in total. The zero-order chi connectivity index (χ0) is 19.2. The van der Waals surface area contributed by atoms with E-state index in [4.69, 9.17) is 10.5 Å². The fourth-order valence-corrected chi connectivity index (χ4v) is 4.03. The molecule has 0 spiro atoms. The third kappa shape index (κ3) is 5.52. The first kappa shape index (κ1) is 19.8. The second-order valence-corrected chi connectivity index (χ2v) is 7.69. The predicted octanol–water partition coefficient (Wildman–Crippen LogP) is 2.05.